The van der Waals surface area contributed by atoms with Gasteiger partial charge in [0.25, 0.3) is 0 Å². The molecule has 1 aliphatic heterocycles. The van der Waals surface area contributed by atoms with Crippen molar-refractivity contribution in [1.29, 1.82) is 0 Å². The molecule has 0 radical (unpaired) electrons. The number of rotatable bonds is 4. The molecular formula is C13H19N3OS. The lowest BCUT2D eigenvalue weighted by molar-refractivity contribution is -0.117. The van der Waals surface area contributed by atoms with Crippen molar-refractivity contribution in [2.45, 2.75) is 25.5 Å². The van der Waals surface area contributed by atoms with E-state index in [0.717, 1.165) is 24.6 Å². The van der Waals surface area contributed by atoms with Gasteiger partial charge in [-0.1, -0.05) is 0 Å². The lowest BCUT2D eigenvalue weighted by Gasteiger charge is -2.21. The molecule has 0 N–H and O–H groups in total. The van der Waals surface area contributed by atoms with Crippen LogP contribution in [0.15, 0.2) is 18.3 Å². The summed E-state index contributed by atoms with van der Waals surface area (Å²) in [6, 6.07) is 3.94. The Bertz CT molecular complexity index is 417. The van der Waals surface area contributed by atoms with E-state index in [1.54, 1.807) is 11.1 Å². The van der Waals surface area contributed by atoms with Crippen LogP contribution >= 0.6 is 12.6 Å². The SMILES string of the molecule is CCN(CC)c1ccc(N2CC(S)CC2=O)cn1. The number of hydrogen-bond acceptors (Lipinski definition) is 4. The fourth-order valence-electron chi connectivity index (χ4n) is 2.21. The molecule has 2 heterocycles. The summed E-state index contributed by atoms with van der Waals surface area (Å²) in [5.74, 6) is 1.09. The van der Waals surface area contributed by atoms with Crippen LogP contribution in [0.4, 0.5) is 11.5 Å². The average molecular weight is 265 g/mol. The second kappa shape index (κ2) is 5.61. The van der Waals surface area contributed by atoms with Gasteiger partial charge in [0.05, 0.1) is 11.9 Å². The summed E-state index contributed by atoms with van der Waals surface area (Å²) in [6.45, 7) is 6.76. The van der Waals surface area contributed by atoms with E-state index in [9.17, 15) is 4.79 Å². The molecule has 4 nitrogen and oxygen atoms in total. The first-order valence-corrected chi connectivity index (χ1v) is 6.86. The van der Waals surface area contributed by atoms with E-state index >= 15 is 0 Å². The van der Waals surface area contributed by atoms with Crippen molar-refractivity contribution in [3.8, 4) is 0 Å². The summed E-state index contributed by atoms with van der Waals surface area (Å²) in [7, 11) is 0. The van der Waals surface area contributed by atoms with Gasteiger partial charge < -0.3 is 9.80 Å². The first-order chi connectivity index (χ1) is 8.65. The lowest BCUT2D eigenvalue weighted by atomic mass is 10.3. The highest BCUT2D eigenvalue weighted by Crippen LogP contribution is 2.24. The number of amides is 1. The average Bonchev–Trinajstić information content (AvgIpc) is 2.71. The maximum Gasteiger partial charge on any atom is 0.228 e. The van der Waals surface area contributed by atoms with Crippen LogP contribution in [0.2, 0.25) is 0 Å². The summed E-state index contributed by atoms with van der Waals surface area (Å²) in [5, 5.41) is 0.139. The number of aromatic nitrogens is 1. The molecule has 1 unspecified atom stereocenters. The molecule has 98 valence electrons. The minimum atomic E-state index is 0.132. The van der Waals surface area contributed by atoms with Gasteiger partial charge in [-0.15, -0.1) is 0 Å². The summed E-state index contributed by atoms with van der Waals surface area (Å²) in [5.41, 5.74) is 0.868. The van der Waals surface area contributed by atoms with Gasteiger partial charge in [0.15, 0.2) is 0 Å². The fraction of sp³-hybridized carbons (Fsp3) is 0.538. The van der Waals surface area contributed by atoms with Crippen molar-refractivity contribution in [2.75, 3.05) is 29.4 Å². The Labute approximate surface area is 113 Å². The van der Waals surface area contributed by atoms with Crippen LogP contribution in [-0.4, -0.2) is 35.8 Å². The molecule has 1 aromatic heterocycles. The highest BCUT2D eigenvalue weighted by molar-refractivity contribution is 7.81. The predicted octanol–water partition coefficient (Wildman–Crippen LogP) is 1.96. The topological polar surface area (TPSA) is 36.4 Å². The normalized spacial score (nSPS) is 19.4. The molecule has 0 bridgehead atoms. The lowest BCUT2D eigenvalue weighted by Crippen LogP contribution is -2.26. The molecule has 0 aliphatic carbocycles. The Balaban J connectivity index is 2.15. The van der Waals surface area contributed by atoms with Crippen LogP contribution in [-0.2, 0) is 4.79 Å². The molecule has 1 atom stereocenters. The Morgan fingerprint density at radius 3 is 2.61 bits per heavy atom. The Morgan fingerprint density at radius 1 is 1.44 bits per heavy atom. The molecule has 18 heavy (non-hydrogen) atoms. The standard InChI is InChI=1S/C13H19N3OS/c1-3-15(4-2)12-6-5-10(8-14-12)16-9-11(18)7-13(16)17/h5-6,8,11,18H,3-4,7,9H2,1-2H3. The van der Waals surface area contributed by atoms with E-state index in [1.807, 2.05) is 12.1 Å². The third-order valence-electron chi connectivity index (χ3n) is 3.24. The smallest absolute Gasteiger partial charge is 0.228 e. The van der Waals surface area contributed by atoms with E-state index in [4.69, 9.17) is 0 Å². The molecule has 1 fully saturated rings. The number of anilines is 2. The van der Waals surface area contributed by atoms with Crippen molar-refractivity contribution in [2.24, 2.45) is 0 Å². The first kappa shape index (κ1) is 13.2. The summed E-state index contributed by atoms with van der Waals surface area (Å²) >= 11 is 4.35. The molecule has 1 amide bonds. The van der Waals surface area contributed by atoms with Crippen molar-refractivity contribution >= 4 is 30.0 Å². The van der Waals surface area contributed by atoms with Gasteiger partial charge in [-0.3, -0.25) is 4.79 Å². The molecule has 0 saturated carbocycles. The molecule has 2 rings (SSSR count). The minimum absolute atomic E-state index is 0.132. The van der Waals surface area contributed by atoms with Crippen molar-refractivity contribution in [3.63, 3.8) is 0 Å². The molecule has 1 aromatic rings. The number of thiol groups is 1. The zero-order valence-corrected chi connectivity index (χ0v) is 11.7. The predicted molar refractivity (Wildman–Crippen MR) is 77.5 cm³/mol. The van der Waals surface area contributed by atoms with Gasteiger partial charge in [-0.25, -0.2) is 4.98 Å². The third kappa shape index (κ3) is 2.61. The zero-order chi connectivity index (χ0) is 13.1. The number of carbonyl (C=O) groups excluding carboxylic acids is 1. The number of nitrogens with zero attached hydrogens (tertiary/aromatic N) is 3. The molecule has 1 aliphatic rings. The summed E-state index contributed by atoms with van der Waals surface area (Å²) in [4.78, 5) is 20.1. The van der Waals surface area contributed by atoms with Crippen LogP contribution in [0.1, 0.15) is 20.3 Å². The maximum absolute atomic E-state index is 11.8. The summed E-state index contributed by atoms with van der Waals surface area (Å²) < 4.78 is 0. The van der Waals surface area contributed by atoms with E-state index < -0.39 is 0 Å². The van der Waals surface area contributed by atoms with Gasteiger partial charge in [-0.05, 0) is 26.0 Å². The fourth-order valence-corrected chi connectivity index (χ4v) is 2.53. The van der Waals surface area contributed by atoms with E-state index in [0.29, 0.717) is 13.0 Å². The second-order valence-corrected chi connectivity index (χ2v) is 5.14. The van der Waals surface area contributed by atoms with Gasteiger partial charge in [0, 0.05) is 31.3 Å². The highest BCUT2D eigenvalue weighted by Gasteiger charge is 2.28. The minimum Gasteiger partial charge on any atom is -0.357 e. The van der Waals surface area contributed by atoms with E-state index in [1.165, 1.54) is 0 Å². The monoisotopic (exact) mass is 265 g/mol. The van der Waals surface area contributed by atoms with Crippen LogP contribution in [0, 0.1) is 0 Å². The first-order valence-electron chi connectivity index (χ1n) is 6.35. The largest absolute Gasteiger partial charge is 0.357 e. The zero-order valence-electron chi connectivity index (χ0n) is 10.8. The number of hydrogen-bond donors (Lipinski definition) is 1. The van der Waals surface area contributed by atoms with Crippen LogP contribution in [0.5, 0.6) is 0 Å². The van der Waals surface area contributed by atoms with Crippen molar-refractivity contribution < 1.29 is 4.79 Å². The van der Waals surface area contributed by atoms with Gasteiger partial charge in [0.2, 0.25) is 5.91 Å². The molecule has 0 aromatic carbocycles. The molecule has 0 spiro atoms. The molecular weight excluding hydrogens is 246 g/mol. The highest BCUT2D eigenvalue weighted by atomic mass is 32.1. The van der Waals surface area contributed by atoms with Crippen LogP contribution in [0.25, 0.3) is 0 Å². The Morgan fingerprint density at radius 2 is 2.17 bits per heavy atom. The second-order valence-electron chi connectivity index (χ2n) is 4.41. The van der Waals surface area contributed by atoms with E-state index in [2.05, 4.69) is 36.4 Å². The Kier molecular flexibility index (Phi) is 4.11. The van der Waals surface area contributed by atoms with Gasteiger partial charge >= 0.3 is 0 Å². The van der Waals surface area contributed by atoms with Crippen LogP contribution in [0.3, 0.4) is 0 Å². The molecule has 1 saturated heterocycles. The van der Waals surface area contributed by atoms with Crippen molar-refractivity contribution in [3.05, 3.63) is 18.3 Å². The third-order valence-corrected chi connectivity index (χ3v) is 3.58. The van der Waals surface area contributed by atoms with Crippen LogP contribution < -0.4 is 9.80 Å². The number of pyridine rings is 1. The van der Waals surface area contributed by atoms with Gasteiger partial charge in [-0.2, -0.15) is 12.6 Å². The Hall–Kier alpha value is -1.23. The quantitative estimate of drug-likeness (QED) is 0.846. The van der Waals surface area contributed by atoms with Crippen molar-refractivity contribution in [1.82, 2.24) is 4.98 Å². The molecule has 5 heteroatoms. The summed E-state index contributed by atoms with van der Waals surface area (Å²) in [6.07, 6.45) is 2.29. The van der Waals surface area contributed by atoms with E-state index in [-0.39, 0.29) is 11.2 Å². The maximum atomic E-state index is 11.8. The number of carbonyl (C=O) groups is 1. The van der Waals surface area contributed by atoms with Gasteiger partial charge in [0.1, 0.15) is 5.82 Å².